The van der Waals surface area contributed by atoms with Gasteiger partial charge in [-0.05, 0) is 42.2 Å². The number of fused-ring (bicyclic) bond motifs is 2. The molecule has 5 rings (SSSR count). The van der Waals surface area contributed by atoms with E-state index in [-0.39, 0.29) is 11.7 Å². The molecule has 0 unspecified atom stereocenters. The summed E-state index contributed by atoms with van der Waals surface area (Å²) >= 11 is 6.07. The highest BCUT2D eigenvalue weighted by Gasteiger charge is 2.27. The maximum Gasteiger partial charge on any atom is 0.258 e. The maximum atomic E-state index is 13.1. The molecule has 1 aromatic heterocycles. The van der Waals surface area contributed by atoms with Crippen LogP contribution in [0.3, 0.4) is 0 Å². The predicted molar refractivity (Wildman–Crippen MR) is 109 cm³/mol. The highest BCUT2D eigenvalue weighted by molar-refractivity contribution is 6.30. The average Bonchev–Trinajstić information content (AvgIpc) is 3.41. The first-order chi connectivity index (χ1) is 13.6. The fourth-order valence-corrected chi connectivity index (χ4v) is 4.47. The number of carbonyl (C=O) groups is 1. The van der Waals surface area contributed by atoms with Crippen LogP contribution in [0.1, 0.15) is 47.2 Å². The molecule has 1 saturated carbocycles. The third kappa shape index (κ3) is 2.98. The smallest absolute Gasteiger partial charge is 0.258 e. The molecule has 0 spiro atoms. The van der Waals surface area contributed by atoms with E-state index in [9.17, 15) is 9.90 Å². The summed E-state index contributed by atoms with van der Waals surface area (Å²) < 4.78 is 0. The van der Waals surface area contributed by atoms with Crippen LogP contribution in [-0.4, -0.2) is 32.2 Å². The number of nitrogens with zero attached hydrogens (tertiary/aromatic N) is 2. The summed E-state index contributed by atoms with van der Waals surface area (Å²) in [7, 11) is 0. The van der Waals surface area contributed by atoms with Crippen LogP contribution in [0, 0.1) is 0 Å². The Labute approximate surface area is 167 Å². The first-order valence-corrected chi connectivity index (χ1v) is 10.0. The minimum absolute atomic E-state index is 0.0393. The summed E-state index contributed by atoms with van der Waals surface area (Å²) in [5, 5.41) is 22.7. The molecule has 0 saturated heterocycles. The van der Waals surface area contributed by atoms with Crippen LogP contribution >= 0.6 is 11.6 Å². The van der Waals surface area contributed by atoms with Crippen LogP contribution in [0.2, 0.25) is 5.02 Å². The Bertz CT molecular complexity index is 1070. The van der Waals surface area contributed by atoms with Gasteiger partial charge in [0, 0.05) is 35.6 Å². The molecule has 0 atom stereocenters. The number of anilines is 1. The number of H-pyrrole nitrogens is 1. The van der Waals surface area contributed by atoms with Crippen LogP contribution in [0.25, 0.3) is 10.9 Å². The van der Waals surface area contributed by atoms with E-state index in [0.29, 0.717) is 35.2 Å². The zero-order chi connectivity index (χ0) is 19.3. The number of rotatable bonds is 3. The van der Waals surface area contributed by atoms with Crippen LogP contribution in [0.5, 0.6) is 5.75 Å². The molecular weight excluding hydrogens is 376 g/mol. The van der Waals surface area contributed by atoms with E-state index in [1.807, 2.05) is 18.2 Å². The highest BCUT2D eigenvalue weighted by atomic mass is 35.5. The summed E-state index contributed by atoms with van der Waals surface area (Å²) in [5.41, 5.74) is 3.15. The third-order valence-electron chi connectivity index (χ3n) is 5.78. The first-order valence-electron chi connectivity index (χ1n) is 9.63. The first kappa shape index (κ1) is 17.4. The van der Waals surface area contributed by atoms with E-state index in [2.05, 4.69) is 15.5 Å². The quantitative estimate of drug-likeness (QED) is 0.611. The number of phenolic OH excluding ortho intramolecular Hbond substituents is 1. The summed E-state index contributed by atoms with van der Waals surface area (Å²) in [6.07, 6.45) is 4.72. The number of aromatic amines is 1. The van der Waals surface area contributed by atoms with Crippen molar-refractivity contribution >= 4 is 34.2 Å². The summed E-state index contributed by atoms with van der Waals surface area (Å²) in [6, 6.07) is 9.42. The molecule has 1 amide bonds. The fraction of sp³-hybridized carbons (Fsp3) is 0.333. The lowest BCUT2D eigenvalue weighted by Gasteiger charge is -2.17. The number of amides is 1. The van der Waals surface area contributed by atoms with Crippen molar-refractivity contribution in [2.24, 2.45) is 0 Å². The third-order valence-corrected chi connectivity index (χ3v) is 6.02. The second kappa shape index (κ2) is 6.71. The zero-order valence-electron chi connectivity index (χ0n) is 15.3. The highest BCUT2D eigenvalue weighted by Crippen LogP contribution is 2.33. The fourth-order valence-electron chi connectivity index (χ4n) is 4.27. The minimum atomic E-state index is -0.195. The lowest BCUT2D eigenvalue weighted by atomic mass is 10.1. The maximum absolute atomic E-state index is 13.1. The van der Waals surface area contributed by atoms with Gasteiger partial charge in [0.2, 0.25) is 0 Å². The van der Waals surface area contributed by atoms with E-state index < -0.39 is 0 Å². The number of aromatic hydroxyl groups is 1. The van der Waals surface area contributed by atoms with Gasteiger partial charge < -0.3 is 15.3 Å². The Hall–Kier alpha value is -2.73. The van der Waals surface area contributed by atoms with Crippen molar-refractivity contribution in [2.75, 3.05) is 5.32 Å². The Morgan fingerprint density at radius 2 is 1.96 bits per heavy atom. The van der Waals surface area contributed by atoms with E-state index >= 15 is 0 Å². The second-order valence-electron chi connectivity index (χ2n) is 7.69. The normalized spacial score (nSPS) is 16.7. The number of benzene rings is 2. The predicted octanol–water partition coefficient (Wildman–Crippen LogP) is 4.43. The number of aromatic nitrogens is 2. The largest absolute Gasteiger partial charge is 0.507 e. The molecule has 144 valence electrons. The van der Waals surface area contributed by atoms with Crippen LogP contribution in [-0.2, 0) is 13.1 Å². The van der Waals surface area contributed by atoms with Crippen molar-refractivity contribution in [1.29, 1.82) is 0 Å². The Kier molecular flexibility index (Phi) is 4.16. The summed E-state index contributed by atoms with van der Waals surface area (Å²) in [5.74, 6) is 0.509. The van der Waals surface area contributed by atoms with E-state index in [0.717, 1.165) is 35.2 Å². The number of hydrogen-bond donors (Lipinski definition) is 3. The van der Waals surface area contributed by atoms with Gasteiger partial charge in [0.05, 0.1) is 11.1 Å². The van der Waals surface area contributed by atoms with Crippen LogP contribution < -0.4 is 5.32 Å². The molecular formula is C21H21ClN4O2. The lowest BCUT2D eigenvalue weighted by Crippen LogP contribution is -2.25. The summed E-state index contributed by atoms with van der Waals surface area (Å²) in [4.78, 5) is 14.9. The number of nitrogens with one attached hydrogen (secondary N) is 2. The Balaban J connectivity index is 1.45. The molecule has 2 aromatic carbocycles. The Morgan fingerprint density at radius 1 is 1.18 bits per heavy atom. The van der Waals surface area contributed by atoms with Gasteiger partial charge in [0.1, 0.15) is 5.75 Å². The molecule has 3 aromatic rings. The van der Waals surface area contributed by atoms with Gasteiger partial charge in [0.15, 0.2) is 5.82 Å². The van der Waals surface area contributed by atoms with Gasteiger partial charge in [-0.1, -0.05) is 30.5 Å². The molecule has 1 aliphatic heterocycles. The zero-order valence-corrected chi connectivity index (χ0v) is 16.1. The number of phenols is 1. The standard InChI is InChI=1S/C21H21ClN4O2/c22-14-6-5-12-10-26(11-13(12)7-14)21(28)17-8-16-18(9-19(17)27)24-25-20(16)23-15-3-1-2-4-15/h5-9,15,27H,1-4,10-11H2,(H2,23,24,25). The van der Waals surface area contributed by atoms with Gasteiger partial charge in [-0.25, -0.2) is 0 Å². The molecule has 6 nitrogen and oxygen atoms in total. The lowest BCUT2D eigenvalue weighted by molar-refractivity contribution is 0.0748. The second-order valence-corrected chi connectivity index (χ2v) is 8.12. The molecule has 0 bridgehead atoms. The van der Waals surface area contributed by atoms with E-state index in [4.69, 9.17) is 11.6 Å². The van der Waals surface area contributed by atoms with Crippen molar-refractivity contribution < 1.29 is 9.90 Å². The summed E-state index contributed by atoms with van der Waals surface area (Å²) in [6.45, 7) is 1.01. The van der Waals surface area contributed by atoms with Crippen molar-refractivity contribution in [3.63, 3.8) is 0 Å². The van der Waals surface area contributed by atoms with Crippen molar-refractivity contribution in [2.45, 2.75) is 44.8 Å². The van der Waals surface area contributed by atoms with Gasteiger partial charge >= 0.3 is 0 Å². The van der Waals surface area contributed by atoms with Crippen LogP contribution in [0.4, 0.5) is 5.82 Å². The molecule has 1 fully saturated rings. The van der Waals surface area contributed by atoms with E-state index in [1.165, 1.54) is 12.8 Å². The molecule has 2 heterocycles. The number of halogens is 1. The van der Waals surface area contributed by atoms with Crippen LogP contribution in [0.15, 0.2) is 30.3 Å². The molecule has 0 radical (unpaired) electrons. The number of hydrogen-bond acceptors (Lipinski definition) is 4. The SMILES string of the molecule is O=C(c1cc2c(NC3CCCC3)n[nH]c2cc1O)N1Cc2ccc(Cl)cc2C1. The molecule has 3 N–H and O–H groups in total. The molecule has 28 heavy (non-hydrogen) atoms. The molecule has 1 aliphatic carbocycles. The Morgan fingerprint density at radius 3 is 2.79 bits per heavy atom. The van der Waals surface area contributed by atoms with Gasteiger partial charge in [-0.2, -0.15) is 5.10 Å². The monoisotopic (exact) mass is 396 g/mol. The number of carbonyl (C=O) groups excluding carboxylic acids is 1. The van der Waals surface area contributed by atoms with Gasteiger partial charge in [-0.3, -0.25) is 9.89 Å². The topological polar surface area (TPSA) is 81.2 Å². The van der Waals surface area contributed by atoms with Crippen molar-refractivity contribution in [1.82, 2.24) is 15.1 Å². The van der Waals surface area contributed by atoms with Crippen molar-refractivity contribution in [3.8, 4) is 5.75 Å². The molecule has 7 heteroatoms. The van der Waals surface area contributed by atoms with Crippen molar-refractivity contribution in [3.05, 3.63) is 52.0 Å². The molecule has 2 aliphatic rings. The van der Waals surface area contributed by atoms with Gasteiger partial charge in [-0.15, -0.1) is 0 Å². The average molecular weight is 397 g/mol. The minimum Gasteiger partial charge on any atom is -0.507 e. The van der Waals surface area contributed by atoms with E-state index in [1.54, 1.807) is 17.0 Å². The van der Waals surface area contributed by atoms with Gasteiger partial charge in [0.25, 0.3) is 5.91 Å².